The highest BCUT2D eigenvalue weighted by Crippen LogP contribution is 2.27. The van der Waals surface area contributed by atoms with Crippen LogP contribution in [0.25, 0.3) is 10.9 Å². The van der Waals surface area contributed by atoms with Gasteiger partial charge >= 0.3 is 6.03 Å². The minimum atomic E-state index is -0.555. The van der Waals surface area contributed by atoms with Crippen LogP contribution in [0.15, 0.2) is 47.3 Å². The van der Waals surface area contributed by atoms with Gasteiger partial charge in [0.15, 0.2) is 0 Å². The third-order valence-corrected chi connectivity index (χ3v) is 5.77. The van der Waals surface area contributed by atoms with E-state index in [0.717, 1.165) is 0 Å². The topological polar surface area (TPSA) is 85.7 Å². The Bertz CT molecular complexity index is 1180. The number of urea groups is 1. The summed E-state index contributed by atoms with van der Waals surface area (Å²) in [7, 11) is 3.12. The summed E-state index contributed by atoms with van der Waals surface area (Å²) in [6, 6.07) is 11.0. The van der Waals surface area contributed by atoms with Crippen LogP contribution in [0.3, 0.4) is 0 Å². The zero-order valence-corrected chi connectivity index (χ0v) is 20.2. The second kappa shape index (κ2) is 11.5. The number of ether oxygens (including phenoxy) is 2. The van der Waals surface area contributed by atoms with Crippen molar-refractivity contribution in [2.45, 2.75) is 19.5 Å². The maximum atomic E-state index is 13.3. The molecule has 2 amide bonds. The van der Waals surface area contributed by atoms with Crippen LogP contribution in [-0.4, -0.2) is 54.5 Å². The van der Waals surface area contributed by atoms with Crippen LogP contribution in [0.1, 0.15) is 18.8 Å². The van der Waals surface area contributed by atoms with Crippen molar-refractivity contribution in [2.75, 3.05) is 39.3 Å². The summed E-state index contributed by atoms with van der Waals surface area (Å²) >= 11 is 12.2. The fourth-order valence-electron chi connectivity index (χ4n) is 3.48. The molecule has 3 rings (SSSR count). The Kier molecular flexibility index (Phi) is 8.68. The van der Waals surface area contributed by atoms with Gasteiger partial charge in [-0.3, -0.25) is 9.36 Å². The highest BCUT2D eigenvalue weighted by atomic mass is 35.5. The molecule has 0 fully saturated rings. The molecule has 0 aliphatic carbocycles. The SMILES string of the molecule is COCCN(C(=O)Nc1ccc(Cl)cc1Cl)C(C)c1nc2ccccc2c(=O)n1CCOC. The summed E-state index contributed by atoms with van der Waals surface area (Å²) in [6.07, 6.45) is 0. The zero-order valence-electron chi connectivity index (χ0n) is 18.7. The monoisotopic (exact) mass is 492 g/mol. The minimum Gasteiger partial charge on any atom is -0.383 e. The average Bonchev–Trinajstić information content (AvgIpc) is 2.80. The van der Waals surface area contributed by atoms with Gasteiger partial charge in [-0.2, -0.15) is 0 Å². The summed E-state index contributed by atoms with van der Waals surface area (Å²) in [5, 5.41) is 4.10. The number of benzene rings is 2. The first kappa shape index (κ1) is 25.0. The number of anilines is 1. The maximum Gasteiger partial charge on any atom is 0.322 e. The van der Waals surface area contributed by atoms with Gasteiger partial charge in [0, 0.05) is 25.8 Å². The standard InChI is InChI=1S/C23H26Cl2N4O4/c1-15(21-26-19-7-5-4-6-17(19)22(30)29(21)11-13-33-3)28(10-12-32-2)23(31)27-20-9-8-16(24)14-18(20)25/h4-9,14-15H,10-13H2,1-3H3,(H,27,31). The molecule has 0 aliphatic heterocycles. The lowest BCUT2D eigenvalue weighted by molar-refractivity contribution is 0.134. The molecule has 1 unspecified atom stereocenters. The van der Waals surface area contributed by atoms with Gasteiger partial charge in [-0.15, -0.1) is 0 Å². The van der Waals surface area contributed by atoms with Crippen molar-refractivity contribution < 1.29 is 14.3 Å². The molecule has 0 aliphatic rings. The van der Waals surface area contributed by atoms with Crippen molar-refractivity contribution >= 4 is 45.8 Å². The van der Waals surface area contributed by atoms with Crippen molar-refractivity contribution in [1.82, 2.24) is 14.5 Å². The maximum absolute atomic E-state index is 13.3. The van der Waals surface area contributed by atoms with E-state index in [0.29, 0.717) is 52.2 Å². The van der Waals surface area contributed by atoms with Gasteiger partial charge in [0.05, 0.1) is 47.4 Å². The molecule has 10 heteroatoms. The van der Waals surface area contributed by atoms with Crippen LogP contribution < -0.4 is 10.9 Å². The van der Waals surface area contributed by atoms with Crippen molar-refractivity contribution in [3.63, 3.8) is 0 Å². The van der Waals surface area contributed by atoms with Crippen LogP contribution in [-0.2, 0) is 16.0 Å². The van der Waals surface area contributed by atoms with E-state index in [-0.39, 0.29) is 12.1 Å². The smallest absolute Gasteiger partial charge is 0.322 e. The highest BCUT2D eigenvalue weighted by molar-refractivity contribution is 6.36. The van der Waals surface area contributed by atoms with Gasteiger partial charge in [-0.25, -0.2) is 9.78 Å². The number of nitrogens with one attached hydrogen (secondary N) is 1. The summed E-state index contributed by atoms with van der Waals surface area (Å²) < 4.78 is 12.0. The Hall–Kier alpha value is -2.65. The van der Waals surface area contributed by atoms with Crippen LogP contribution >= 0.6 is 23.2 Å². The number of amides is 2. The van der Waals surface area contributed by atoms with Gasteiger partial charge in [0.1, 0.15) is 5.82 Å². The van der Waals surface area contributed by atoms with E-state index in [1.807, 2.05) is 13.0 Å². The Labute approximate surface area is 202 Å². The van der Waals surface area contributed by atoms with Crippen molar-refractivity contribution in [3.8, 4) is 0 Å². The molecule has 1 heterocycles. The fraction of sp³-hybridized carbons (Fsp3) is 0.348. The number of carbonyl (C=O) groups excluding carboxylic acids is 1. The van der Waals surface area contributed by atoms with Crippen LogP contribution in [0.4, 0.5) is 10.5 Å². The highest BCUT2D eigenvalue weighted by Gasteiger charge is 2.26. The van der Waals surface area contributed by atoms with Crippen LogP contribution in [0.2, 0.25) is 10.0 Å². The van der Waals surface area contributed by atoms with Gasteiger partial charge in [-0.05, 0) is 37.3 Å². The lowest BCUT2D eigenvalue weighted by Crippen LogP contribution is -2.42. The molecule has 0 spiro atoms. The van der Waals surface area contributed by atoms with Crippen molar-refractivity contribution in [1.29, 1.82) is 0 Å². The average molecular weight is 493 g/mol. The third-order valence-electron chi connectivity index (χ3n) is 5.22. The first-order valence-electron chi connectivity index (χ1n) is 10.4. The summed E-state index contributed by atoms with van der Waals surface area (Å²) in [5.74, 6) is 0.448. The molecule has 8 nitrogen and oxygen atoms in total. The number of methoxy groups -OCH3 is 2. The summed E-state index contributed by atoms with van der Waals surface area (Å²) in [6.45, 7) is 3.00. The first-order valence-corrected chi connectivity index (χ1v) is 11.1. The van der Waals surface area contributed by atoms with Crippen molar-refractivity contribution in [2.24, 2.45) is 0 Å². The molecule has 176 valence electrons. The number of rotatable bonds is 9. The normalized spacial score (nSPS) is 12.0. The fourth-order valence-corrected chi connectivity index (χ4v) is 3.94. The van der Waals surface area contributed by atoms with E-state index < -0.39 is 12.1 Å². The third kappa shape index (κ3) is 5.83. The number of para-hydroxylation sites is 1. The second-order valence-electron chi connectivity index (χ2n) is 7.35. The Morgan fingerprint density at radius 1 is 1.15 bits per heavy atom. The van der Waals surface area contributed by atoms with E-state index in [1.54, 1.807) is 60.1 Å². The Morgan fingerprint density at radius 3 is 2.58 bits per heavy atom. The molecule has 0 saturated carbocycles. The number of fused-ring (bicyclic) bond motifs is 1. The van der Waals surface area contributed by atoms with E-state index in [9.17, 15) is 9.59 Å². The predicted molar refractivity (Wildman–Crippen MR) is 130 cm³/mol. The number of nitrogens with zero attached hydrogens (tertiary/aromatic N) is 3. The molecule has 3 aromatic rings. The minimum absolute atomic E-state index is 0.188. The van der Waals surface area contributed by atoms with E-state index in [4.69, 9.17) is 37.7 Å². The molecule has 0 saturated heterocycles. The molecular weight excluding hydrogens is 467 g/mol. The molecular formula is C23H26Cl2N4O4. The Balaban J connectivity index is 2.02. The molecule has 1 aromatic heterocycles. The lowest BCUT2D eigenvalue weighted by Gasteiger charge is -2.30. The van der Waals surface area contributed by atoms with E-state index in [2.05, 4.69) is 5.32 Å². The van der Waals surface area contributed by atoms with Crippen LogP contribution in [0.5, 0.6) is 0 Å². The first-order chi connectivity index (χ1) is 15.9. The van der Waals surface area contributed by atoms with E-state index >= 15 is 0 Å². The van der Waals surface area contributed by atoms with Gasteiger partial charge in [0.2, 0.25) is 0 Å². The number of carbonyl (C=O) groups is 1. The molecule has 1 N–H and O–H groups in total. The number of halogens is 2. The largest absolute Gasteiger partial charge is 0.383 e. The lowest BCUT2D eigenvalue weighted by atomic mass is 10.2. The quantitative estimate of drug-likeness (QED) is 0.471. The number of hydrogen-bond acceptors (Lipinski definition) is 5. The number of hydrogen-bond donors (Lipinski definition) is 1. The Morgan fingerprint density at radius 2 is 1.88 bits per heavy atom. The summed E-state index contributed by atoms with van der Waals surface area (Å²) in [5.41, 5.74) is 0.794. The summed E-state index contributed by atoms with van der Waals surface area (Å²) in [4.78, 5) is 32.8. The molecule has 33 heavy (non-hydrogen) atoms. The second-order valence-corrected chi connectivity index (χ2v) is 8.20. The van der Waals surface area contributed by atoms with Crippen LogP contribution in [0, 0.1) is 0 Å². The molecule has 1 atom stereocenters. The van der Waals surface area contributed by atoms with Gasteiger partial charge < -0.3 is 19.7 Å². The molecule has 0 radical (unpaired) electrons. The predicted octanol–water partition coefficient (Wildman–Crippen LogP) is 4.59. The zero-order chi connectivity index (χ0) is 24.0. The van der Waals surface area contributed by atoms with E-state index in [1.165, 1.54) is 0 Å². The molecule has 2 aromatic carbocycles. The van der Waals surface area contributed by atoms with Crippen molar-refractivity contribution in [3.05, 3.63) is 68.7 Å². The van der Waals surface area contributed by atoms with Gasteiger partial charge in [-0.1, -0.05) is 35.3 Å². The van der Waals surface area contributed by atoms with Gasteiger partial charge in [0.25, 0.3) is 5.56 Å². The molecule has 0 bridgehead atoms. The number of aromatic nitrogens is 2.